The molecule has 4 heteroatoms. The van der Waals surface area contributed by atoms with Crippen molar-refractivity contribution in [3.63, 3.8) is 0 Å². The van der Waals surface area contributed by atoms with Gasteiger partial charge in [-0.05, 0) is 18.6 Å². The largest absolute Gasteiger partial charge is 0.370 e. The Hall–Kier alpha value is -1.58. The molecule has 14 heavy (non-hydrogen) atoms. The lowest BCUT2D eigenvalue weighted by atomic mass is 10.3. The van der Waals surface area contributed by atoms with Gasteiger partial charge in [0.1, 0.15) is 0 Å². The Labute approximate surface area is 82.8 Å². The van der Waals surface area contributed by atoms with Gasteiger partial charge in [0, 0.05) is 12.2 Å². The van der Waals surface area contributed by atoms with Crippen molar-refractivity contribution in [2.45, 2.75) is 6.42 Å². The molecule has 0 atom stereocenters. The Morgan fingerprint density at radius 3 is 2.71 bits per heavy atom. The summed E-state index contributed by atoms with van der Waals surface area (Å²) in [5.74, 6) is 0.324. The molecule has 0 spiro atoms. The average molecular weight is 195 g/mol. The molecule has 3 N–H and O–H groups in total. The van der Waals surface area contributed by atoms with Crippen LogP contribution in [0.3, 0.4) is 0 Å². The van der Waals surface area contributed by atoms with E-state index in [1.165, 1.54) is 0 Å². The minimum atomic E-state index is -0.359. The molecule has 1 aromatic rings. The van der Waals surface area contributed by atoms with Crippen LogP contribution in [0.2, 0.25) is 0 Å². The number of nitrogens with two attached hydrogens (primary N) is 1. The first-order chi connectivity index (χ1) is 6.83. The summed E-state index contributed by atoms with van der Waals surface area (Å²) in [6.45, 7) is 0.0598. The van der Waals surface area contributed by atoms with Gasteiger partial charge in [-0.3, -0.25) is 9.38 Å². The van der Waals surface area contributed by atoms with E-state index >= 15 is 0 Å². The summed E-state index contributed by atoms with van der Waals surface area (Å²) >= 11 is 0. The third-order valence-corrected chi connectivity index (χ3v) is 1.62. The molecular formula is C10H14FN3. The number of anilines is 1. The van der Waals surface area contributed by atoms with Crippen LogP contribution in [-0.4, -0.2) is 19.2 Å². The molecule has 0 aliphatic carbocycles. The van der Waals surface area contributed by atoms with Crippen LogP contribution in [0.25, 0.3) is 0 Å². The highest BCUT2D eigenvalue weighted by atomic mass is 19.1. The molecule has 0 amide bonds. The first-order valence-electron chi connectivity index (χ1n) is 4.51. The molecule has 0 aliphatic heterocycles. The third-order valence-electron chi connectivity index (χ3n) is 1.62. The lowest BCUT2D eigenvalue weighted by Crippen LogP contribution is -2.22. The van der Waals surface area contributed by atoms with Gasteiger partial charge >= 0.3 is 0 Å². The first kappa shape index (κ1) is 10.5. The fraction of sp³-hybridized carbons (Fsp3) is 0.300. The van der Waals surface area contributed by atoms with E-state index in [0.717, 1.165) is 5.69 Å². The fourth-order valence-electron chi connectivity index (χ4n) is 0.968. The van der Waals surface area contributed by atoms with Crippen molar-refractivity contribution < 1.29 is 4.39 Å². The van der Waals surface area contributed by atoms with Gasteiger partial charge in [-0.25, -0.2) is 0 Å². The molecule has 76 valence electrons. The molecule has 0 fully saturated rings. The molecule has 3 nitrogen and oxygen atoms in total. The van der Waals surface area contributed by atoms with Crippen molar-refractivity contribution in [3.8, 4) is 0 Å². The predicted octanol–water partition coefficient (Wildman–Crippen LogP) is 1.77. The smallest absolute Gasteiger partial charge is 0.193 e. The minimum Gasteiger partial charge on any atom is -0.370 e. The number of para-hydroxylation sites is 1. The highest BCUT2D eigenvalue weighted by molar-refractivity contribution is 5.92. The van der Waals surface area contributed by atoms with Gasteiger partial charge in [0.05, 0.1) is 6.67 Å². The lowest BCUT2D eigenvalue weighted by molar-refractivity contribution is 0.477. The number of hydrogen-bond acceptors (Lipinski definition) is 1. The summed E-state index contributed by atoms with van der Waals surface area (Å²) < 4.78 is 11.7. The number of hydrogen-bond donors (Lipinski definition) is 2. The maximum Gasteiger partial charge on any atom is 0.193 e. The summed E-state index contributed by atoms with van der Waals surface area (Å²) in [4.78, 5) is 3.95. The Bertz CT molecular complexity index is 285. The van der Waals surface area contributed by atoms with Crippen LogP contribution in [0.4, 0.5) is 10.1 Å². The van der Waals surface area contributed by atoms with Crippen LogP contribution >= 0.6 is 0 Å². The van der Waals surface area contributed by atoms with Crippen molar-refractivity contribution in [3.05, 3.63) is 30.3 Å². The van der Waals surface area contributed by atoms with E-state index < -0.39 is 0 Å². The van der Waals surface area contributed by atoms with Gasteiger partial charge in [-0.15, -0.1) is 0 Å². The van der Waals surface area contributed by atoms with Crippen LogP contribution < -0.4 is 11.1 Å². The predicted molar refractivity (Wildman–Crippen MR) is 57.1 cm³/mol. The summed E-state index contributed by atoms with van der Waals surface area (Å²) in [7, 11) is 0. The number of halogens is 1. The second-order valence-electron chi connectivity index (χ2n) is 2.80. The first-order valence-corrected chi connectivity index (χ1v) is 4.51. The quantitative estimate of drug-likeness (QED) is 0.437. The van der Waals surface area contributed by atoms with Crippen molar-refractivity contribution in [2.75, 3.05) is 18.5 Å². The average Bonchev–Trinajstić information content (AvgIpc) is 2.20. The van der Waals surface area contributed by atoms with Crippen molar-refractivity contribution >= 4 is 11.6 Å². The van der Waals surface area contributed by atoms with Gasteiger partial charge < -0.3 is 11.1 Å². The Morgan fingerprint density at radius 1 is 1.36 bits per heavy atom. The van der Waals surface area contributed by atoms with Crippen molar-refractivity contribution in [1.82, 2.24) is 0 Å². The molecule has 0 bridgehead atoms. The summed E-state index contributed by atoms with van der Waals surface area (Å²) in [5, 5.41) is 2.91. The minimum absolute atomic E-state index is 0.324. The molecule has 1 aromatic carbocycles. The van der Waals surface area contributed by atoms with Gasteiger partial charge in [0.2, 0.25) is 0 Å². The zero-order valence-corrected chi connectivity index (χ0v) is 7.91. The second kappa shape index (κ2) is 5.96. The molecule has 0 heterocycles. The highest BCUT2D eigenvalue weighted by Crippen LogP contribution is 2.03. The lowest BCUT2D eigenvalue weighted by Gasteiger charge is -2.04. The monoisotopic (exact) mass is 195 g/mol. The molecule has 0 aromatic heterocycles. The molecular weight excluding hydrogens is 181 g/mol. The summed E-state index contributed by atoms with van der Waals surface area (Å²) in [5.41, 5.74) is 6.45. The number of guanidine groups is 1. The van der Waals surface area contributed by atoms with E-state index in [1.807, 2.05) is 30.3 Å². The second-order valence-corrected chi connectivity index (χ2v) is 2.80. The molecule has 0 saturated heterocycles. The van der Waals surface area contributed by atoms with E-state index in [4.69, 9.17) is 5.73 Å². The number of alkyl halides is 1. The van der Waals surface area contributed by atoms with Crippen LogP contribution in [0.1, 0.15) is 6.42 Å². The zero-order chi connectivity index (χ0) is 10.2. The van der Waals surface area contributed by atoms with E-state index in [9.17, 15) is 4.39 Å². The standard InChI is InChI=1S/C10H14FN3/c11-7-4-8-13-10(12)14-9-5-2-1-3-6-9/h1-3,5-6H,4,7-8H2,(H3,12,13,14). The number of benzene rings is 1. The van der Waals surface area contributed by atoms with E-state index in [2.05, 4.69) is 10.3 Å². The molecule has 0 saturated carbocycles. The van der Waals surface area contributed by atoms with Gasteiger partial charge in [0.25, 0.3) is 0 Å². The molecule has 0 aliphatic rings. The van der Waals surface area contributed by atoms with Crippen molar-refractivity contribution in [2.24, 2.45) is 10.7 Å². The van der Waals surface area contributed by atoms with Gasteiger partial charge in [-0.2, -0.15) is 0 Å². The molecule has 0 unspecified atom stereocenters. The van der Waals surface area contributed by atoms with Gasteiger partial charge in [0.15, 0.2) is 5.96 Å². The van der Waals surface area contributed by atoms with Crippen LogP contribution in [0.15, 0.2) is 35.3 Å². The zero-order valence-electron chi connectivity index (χ0n) is 7.91. The summed E-state index contributed by atoms with van der Waals surface area (Å²) in [6.07, 6.45) is 0.414. The summed E-state index contributed by atoms with van der Waals surface area (Å²) in [6, 6.07) is 9.49. The highest BCUT2D eigenvalue weighted by Gasteiger charge is 1.92. The topological polar surface area (TPSA) is 50.4 Å². The maximum absolute atomic E-state index is 11.7. The molecule has 0 radical (unpaired) electrons. The van der Waals surface area contributed by atoms with Gasteiger partial charge in [-0.1, -0.05) is 18.2 Å². The number of aliphatic imine (C=N–C) groups is 1. The third kappa shape index (κ3) is 3.89. The van der Waals surface area contributed by atoms with Crippen LogP contribution in [-0.2, 0) is 0 Å². The molecule has 1 rings (SSSR count). The number of nitrogens with one attached hydrogen (secondary N) is 1. The van der Waals surface area contributed by atoms with Crippen molar-refractivity contribution in [1.29, 1.82) is 0 Å². The number of rotatable bonds is 4. The van der Waals surface area contributed by atoms with E-state index in [-0.39, 0.29) is 6.67 Å². The fourth-order valence-corrected chi connectivity index (χ4v) is 0.968. The van der Waals surface area contributed by atoms with E-state index in [1.54, 1.807) is 0 Å². The van der Waals surface area contributed by atoms with Crippen LogP contribution in [0, 0.1) is 0 Å². The maximum atomic E-state index is 11.7. The Balaban J connectivity index is 2.40. The SMILES string of the molecule is NC(=NCCCF)Nc1ccccc1. The Morgan fingerprint density at radius 2 is 2.07 bits per heavy atom. The Kier molecular flexibility index (Phi) is 4.47. The van der Waals surface area contributed by atoms with E-state index in [0.29, 0.717) is 18.9 Å². The normalized spacial score (nSPS) is 11.4. The van der Waals surface area contributed by atoms with Crippen LogP contribution in [0.5, 0.6) is 0 Å². The number of nitrogens with zero attached hydrogens (tertiary/aromatic N) is 1.